The zero-order valence-electron chi connectivity index (χ0n) is 10.8. The van der Waals surface area contributed by atoms with Gasteiger partial charge in [0.05, 0.1) is 0 Å². The molecule has 0 bridgehead atoms. The largest absolute Gasteiger partial charge is 0.480 e. The third-order valence-corrected chi connectivity index (χ3v) is 3.38. The number of carboxylic acids is 1. The van der Waals surface area contributed by atoms with Crippen LogP contribution in [0.3, 0.4) is 0 Å². The van der Waals surface area contributed by atoms with E-state index in [1.807, 2.05) is 6.92 Å². The second-order valence-electron chi connectivity index (χ2n) is 4.83. The van der Waals surface area contributed by atoms with E-state index < -0.39 is 12.0 Å². The molecule has 0 aliphatic heterocycles. The highest BCUT2D eigenvalue weighted by Crippen LogP contribution is 2.29. The van der Waals surface area contributed by atoms with Crippen molar-refractivity contribution in [1.82, 2.24) is 5.32 Å². The van der Waals surface area contributed by atoms with E-state index in [0.29, 0.717) is 13.0 Å². The number of rotatable bonds is 10. The molecular weight excluding hydrogens is 218 g/mol. The first-order valence-corrected chi connectivity index (χ1v) is 6.78. The van der Waals surface area contributed by atoms with Crippen LogP contribution in [-0.2, 0) is 9.53 Å². The Bertz CT molecular complexity index is 217. The van der Waals surface area contributed by atoms with Crippen LogP contribution in [0.25, 0.3) is 0 Å². The molecule has 0 radical (unpaired) electrons. The van der Waals surface area contributed by atoms with Crippen molar-refractivity contribution in [1.29, 1.82) is 0 Å². The minimum absolute atomic E-state index is 0.460. The van der Waals surface area contributed by atoms with Crippen molar-refractivity contribution in [3.8, 4) is 0 Å². The van der Waals surface area contributed by atoms with Crippen LogP contribution in [0, 0.1) is 5.92 Å². The normalized spacial score (nSPS) is 17.7. The molecule has 0 amide bonds. The molecule has 0 saturated heterocycles. The van der Waals surface area contributed by atoms with E-state index in [0.717, 1.165) is 31.9 Å². The maximum atomic E-state index is 10.9. The second-order valence-corrected chi connectivity index (χ2v) is 4.83. The molecule has 1 aliphatic rings. The molecule has 4 heteroatoms. The van der Waals surface area contributed by atoms with Gasteiger partial charge >= 0.3 is 5.97 Å². The highest BCUT2D eigenvalue weighted by atomic mass is 16.5. The SMILES string of the molecule is CCCNC(CCOCCC1CCC1)C(=O)O. The first-order chi connectivity index (χ1) is 8.24. The molecule has 0 aromatic heterocycles. The molecule has 1 unspecified atom stereocenters. The summed E-state index contributed by atoms with van der Waals surface area (Å²) in [5.41, 5.74) is 0. The maximum Gasteiger partial charge on any atom is 0.320 e. The van der Waals surface area contributed by atoms with Crippen molar-refractivity contribution in [2.45, 2.75) is 51.5 Å². The van der Waals surface area contributed by atoms with Crippen molar-refractivity contribution in [2.24, 2.45) is 5.92 Å². The quantitative estimate of drug-likeness (QED) is 0.576. The van der Waals surface area contributed by atoms with E-state index in [-0.39, 0.29) is 0 Å². The third kappa shape index (κ3) is 6.03. The predicted molar refractivity (Wildman–Crippen MR) is 67.1 cm³/mol. The van der Waals surface area contributed by atoms with Crippen molar-refractivity contribution < 1.29 is 14.6 Å². The van der Waals surface area contributed by atoms with Crippen LogP contribution in [0.2, 0.25) is 0 Å². The van der Waals surface area contributed by atoms with E-state index in [9.17, 15) is 4.79 Å². The van der Waals surface area contributed by atoms with Crippen LogP contribution in [0.5, 0.6) is 0 Å². The van der Waals surface area contributed by atoms with Gasteiger partial charge in [0.1, 0.15) is 6.04 Å². The number of aliphatic carboxylic acids is 1. The summed E-state index contributed by atoms with van der Waals surface area (Å²) in [5.74, 6) is 0.0875. The number of hydrogen-bond acceptors (Lipinski definition) is 3. The summed E-state index contributed by atoms with van der Waals surface area (Å²) in [7, 11) is 0. The van der Waals surface area contributed by atoms with Crippen LogP contribution in [0.1, 0.15) is 45.4 Å². The molecule has 1 aliphatic carbocycles. The summed E-state index contributed by atoms with van der Waals surface area (Å²) >= 11 is 0. The highest BCUT2D eigenvalue weighted by molar-refractivity contribution is 5.73. The molecule has 2 N–H and O–H groups in total. The van der Waals surface area contributed by atoms with E-state index in [1.165, 1.54) is 19.3 Å². The van der Waals surface area contributed by atoms with Gasteiger partial charge in [-0.1, -0.05) is 26.2 Å². The minimum Gasteiger partial charge on any atom is -0.480 e. The van der Waals surface area contributed by atoms with E-state index in [4.69, 9.17) is 9.84 Å². The van der Waals surface area contributed by atoms with Gasteiger partial charge < -0.3 is 15.2 Å². The van der Waals surface area contributed by atoms with Gasteiger partial charge in [-0.2, -0.15) is 0 Å². The zero-order chi connectivity index (χ0) is 12.5. The first kappa shape index (κ1) is 14.5. The first-order valence-electron chi connectivity index (χ1n) is 6.78. The van der Waals surface area contributed by atoms with Crippen molar-refractivity contribution in [3.05, 3.63) is 0 Å². The number of hydrogen-bond donors (Lipinski definition) is 2. The molecule has 0 aromatic carbocycles. The summed E-state index contributed by atoms with van der Waals surface area (Å²) in [6.07, 6.45) is 6.71. The lowest BCUT2D eigenvalue weighted by Gasteiger charge is -2.25. The van der Waals surface area contributed by atoms with Gasteiger partial charge in [-0.05, 0) is 31.7 Å². The van der Waals surface area contributed by atoms with Crippen LogP contribution < -0.4 is 5.32 Å². The molecular formula is C13H25NO3. The fourth-order valence-electron chi connectivity index (χ4n) is 1.97. The minimum atomic E-state index is -0.777. The summed E-state index contributed by atoms with van der Waals surface area (Å²) in [5, 5.41) is 12.0. The monoisotopic (exact) mass is 243 g/mol. The molecule has 0 heterocycles. The fraction of sp³-hybridized carbons (Fsp3) is 0.923. The Kier molecular flexibility index (Phi) is 7.21. The molecule has 17 heavy (non-hydrogen) atoms. The molecule has 1 rings (SSSR count). The molecule has 1 fully saturated rings. The van der Waals surface area contributed by atoms with E-state index >= 15 is 0 Å². The van der Waals surface area contributed by atoms with Gasteiger partial charge in [-0.15, -0.1) is 0 Å². The maximum absolute atomic E-state index is 10.9. The molecule has 100 valence electrons. The van der Waals surface area contributed by atoms with Gasteiger partial charge in [-0.25, -0.2) is 0 Å². The number of carbonyl (C=O) groups is 1. The van der Waals surface area contributed by atoms with Crippen LogP contribution in [0.15, 0.2) is 0 Å². The van der Waals surface area contributed by atoms with Crippen molar-refractivity contribution in [2.75, 3.05) is 19.8 Å². The Morgan fingerprint density at radius 3 is 2.76 bits per heavy atom. The Morgan fingerprint density at radius 2 is 2.24 bits per heavy atom. The molecule has 4 nitrogen and oxygen atoms in total. The van der Waals surface area contributed by atoms with Crippen LogP contribution in [-0.4, -0.2) is 36.9 Å². The second kappa shape index (κ2) is 8.48. The lowest BCUT2D eigenvalue weighted by molar-refractivity contribution is -0.140. The number of ether oxygens (including phenoxy) is 1. The van der Waals surface area contributed by atoms with Crippen molar-refractivity contribution >= 4 is 5.97 Å². The summed E-state index contributed by atoms with van der Waals surface area (Å²) in [4.78, 5) is 10.9. The number of nitrogens with one attached hydrogen (secondary N) is 1. The Balaban J connectivity index is 1.98. The average molecular weight is 243 g/mol. The lowest BCUT2D eigenvalue weighted by Crippen LogP contribution is -2.38. The summed E-state index contributed by atoms with van der Waals surface area (Å²) in [6, 6.07) is -0.460. The predicted octanol–water partition coefficient (Wildman–Crippen LogP) is 2.04. The van der Waals surface area contributed by atoms with Gasteiger partial charge in [0.2, 0.25) is 0 Å². The van der Waals surface area contributed by atoms with Gasteiger partial charge in [0, 0.05) is 13.2 Å². The summed E-state index contributed by atoms with van der Waals surface area (Å²) < 4.78 is 5.50. The third-order valence-electron chi connectivity index (χ3n) is 3.38. The smallest absolute Gasteiger partial charge is 0.320 e. The topological polar surface area (TPSA) is 58.6 Å². The average Bonchev–Trinajstić information content (AvgIpc) is 2.24. The highest BCUT2D eigenvalue weighted by Gasteiger charge is 2.18. The molecule has 1 saturated carbocycles. The standard InChI is InChI=1S/C13H25NO3/c1-2-8-14-12(13(15)16)7-10-17-9-6-11-4-3-5-11/h11-12,14H,2-10H2,1H3,(H,15,16). The Hall–Kier alpha value is -0.610. The van der Waals surface area contributed by atoms with E-state index in [1.54, 1.807) is 0 Å². The molecule has 1 atom stereocenters. The van der Waals surface area contributed by atoms with E-state index in [2.05, 4.69) is 5.32 Å². The van der Waals surface area contributed by atoms with Gasteiger partial charge in [-0.3, -0.25) is 4.79 Å². The van der Waals surface area contributed by atoms with Crippen LogP contribution in [0.4, 0.5) is 0 Å². The van der Waals surface area contributed by atoms with Crippen molar-refractivity contribution in [3.63, 3.8) is 0 Å². The lowest BCUT2D eigenvalue weighted by atomic mass is 9.83. The van der Waals surface area contributed by atoms with Crippen LogP contribution >= 0.6 is 0 Å². The Labute approximate surface area is 104 Å². The van der Waals surface area contributed by atoms with Gasteiger partial charge in [0.25, 0.3) is 0 Å². The van der Waals surface area contributed by atoms with Gasteiger partial charge in [0.15, 0.2) is 0 Å². The zero-order valence-corrected chi connectivity index (χ0v) is 10.8. The molecule has 0 aromatic rings. The molecule has 0 spiro atoms. The fourth-order valence-corrected chi connectivity index (χ4v) is 1.97. The Morgan fingerprint density at radius 1 is 1.47 bits per heavy atom. The summed E-state index contributed by atoms with van der Waals surface area (Å²) in [6.45, 7) is 4.10. The number of carboxylic acid groups (broad SMARTS) is 1.